The number of ether oxygens (including phenoxy) is 1. The highest BCUT2D eigenvalue weighted by Gasteiger charge is 2.59. The lowest BCUT2D eigenvalue weighted by atomic mass is 9.57. The summed E-state index contributed by atoms with van der Waals surface area (Å²) in [5.74, 6) is 3.93. The van der Waals surface area contributed by atoms with E-state index in [-0.39, 0.29) is 0 Å². The van der Waals surface area contributed by atoms with Gasteiger partial charge in [-0.25, -0.2) is 0 Å². The minimum atomic E-state index is 0.360. The Morgan fingerprint density at radius 2 is 2.06 bits per heavy atom. The van der Waals surface area contributed by atoms with E-state index in [0.29, 0.717) is 17.6 Å². The van der Waals surface area contributed by atoms with E-state index >= 15 is 0 Å². The SMILES string of the molecule is CC1(C)C(NCC2CC3CCC2C3)C2CCOC21. The minimum Gasteiger partial charge on any atom is -0.377 e. The monoisotopic (exact) mass is 249 g/mol. The highest BCUT2D eigenvalue weighted by Crippen LogP contribution is 2.53. The molecule has 4 aliphatic rings. The zero-order chi connectivity index (χ0) is 12.3. The van der Waals surface area contributed by atoms with Crippen molar-refractivity contribution in [2.24, 2.45) is 29.1 Å². The van der Waals surface area contributed by atoms with Crippen molar-refractivity contribution in [3.8, 4) is 0 Å². The van der Waals surface area contributed by atoms with E-state index in [1.165, 1.54) is 38.6 Å². The lowest BCUT2D eigenvalue weighted by molar-refractivity contribution is -0.113. The zero-order valence-electron chi connectivity index (χ0n) is 11.8. The fourth-order valence-electron chi connectivity index (χ4n) is 5.64. The molecule has 0 radical (unpaired) electrons. The first-order valence-corrected chi connectivity index (χ1v) is 8.01. The van der Waals surface area contributed by atoms with Crippen molar-refractivity contribution < 1.29 is 4.74 Å². The second-order valence-electron chi connectivity index (χ2n) is 7.89. The van der Waals surface area contributed by atoms with Gasteiger partial charge in [0.15, 0.2) is 0 Å². The molecule has 4 fully saturated rings. The standard InChI is InChI=1S/C16H27NO/c1-16(2)14(13-5-6-18-15(13)16)17-9-12-8-10-3-4-11(12)7-10/h10-15,17H,3-9H2,1-2H3. The molecule has 6 unspecified atom stereocenters. The van der Waals surface area contributed by atoms with Gasteiger partial charge in [0.2, 0.25) is 0 Å². The Hall–Kier alpha value is -0.0800. The average Bonchev–Trinajstić information content (AvgIpc) is 3.02. The van der Waals surface area contributed by atoms with Crippen LogP contribution in [0.2, 0.25) is 0 Å². The van der Waals surface area contributed by atoms with Gasteiger partial charge >= 0.3 is 0 Å². The maximum Gasteiger partial charge on any atom is 0.0685 e. The van der Waals surface area contributed by atoms with E-state index in [4.69, 9.17) is 4.74 Å². The molecule has 2 heteroatoms. The van der Waals surface area contributed by atoms with Gasteiger partial charge in [0, 0.05) is 24.0 Å². The van der Waals surface area contributed by atoms with Crippen molar-refractivity contribution >= 4 is 0 Å². The summed E-state index contributed by atoms with van der Waals surface area (Å²) in [5.41, 5.74) is 0.360. The first kappa shape index (κ1) is 11.7. The molecule has 4 rings (SSSR count). The van der Waals surface area contributed by atoms with Crippen LogP contribution in [-0.4, -0.2) is 25.3 Å². The molecule has 0 aromatic rings. The lowest BCUT2D eigenvalue weighted by Crippen LogP contribution is -2.66. The molecule has 0 amide bonds. The van der Waals surface area contributed by atoms with Crippen molar-refractivity contribution in [3.05, 3.63) is 0 Å². The molecule has 18 heavy (non-hydrogen) atoms. The predicted molar refractivity (Wildman–Crippen MR) is 72.4 cm³/mol. The normalized spacial score (nSPS) is 52.3. The Morgan fingerprint density at radius 3 is 2.78 bits per heavy atom. The number of fused-ring (bicyclic) bond motifs is 3. The molecule has 3 saturated carbocycles. The van der Waals surface area contributed by atoms with Crippen LogP contribution >= 0.6 is 0 Å². The maximum atomic E-state index is 5.88. The minimum absolute atomic E-state index is 0.360. The molecule has 1 N–H and O–H groups in total. The van der Waals surface area contributed by atoms with Crippen LogP contribution in [0.25, 0.3) is 0 Å². The van der Waals surface area contributed by atoms with Gasteiger partial charge in [-0.3, -0.25) is 0 Å². The number of rotatable bonds is 3. The van der Waals surface area contributed by atoms with Crippen LogP contribution < -0.4 is 5.32 Å². The Bertz CT molecular complexity index is 340. The van der Waals surface area contributed by atoms with Crippen molar-refractivity contribution in [2.75, 3.05) is 13.2 Å². The van der Waals surface area contributed by atoms with E-state index in [0.717, 1.165) is 30.3 Å². The second-order valence-corrected chi connectivity index (χ2v) is 7.89. The number of nitrogens with one attached hydrogen (secondary N) is 1. The largest absolute Gasteiger partial charge is 0.377 e. The van der Waals surface area contributed by atoms with E-state index in [9.17, 15) is 0 Å². The number of hydrogen-bond acceptors (Lipinski definition) is 2. The molecule has 1 heterocycles. The molecule has 3 aliphatic carbocycles. The van der Waals surface area contributed by atoms with E-state index in [1.54, 1.807) is 0 Å². The summed E-state index contributed by atoms with van der Waals surface area (Å²) in [7, 11) is 0. The average molecular weight is 249 g/mol. The van der Waals surface area contributed by atoms with Gasteiger partial charge in [0.1, 0.15) is 0 Å². The van der Waals surface area contributed by atoms with Crippen LogP contribution in [0.4, 0.5) is 0 Å². The molecule has 0 aromatic heterocycles. The van der Waals surface area contributed by atoms with Crippen molar-refractivity contribution in [1.82, 2.24) is 5.32 Å². The molecule has 6 atom stereocenters. The van der Waals surface area contributed by atoms with Crippen LogP contribution in [0, 0.1) is 29.1 Å². The molecule has 0 spiro atoms. The summed E-state index contributed by atoms with van der Waals surface area (Å²) in [6, 6.07) is 0.712. The van der Waals surface area contributed by atoms with E-state index in [1.807, 2.05) is 0 Å². The van der Waals surface area contributed by atoms with Crippen LogP contribution in [-0.2, 0) is 4.74 Å². The third-order valence-electron chi connectivity index (χ3n) is 6.58. The molecule has 102 valence electrons. The van der Waals surface area contributed by atoms with Crippen molar-refractivity contribution in [2.45, 2.75) is 58.1 Å². The first-order valence-electron chi connectivity index (χ1n) is 8.01. The predicted octanol–water partition coefficient (Wildman–Crippen LogP) is 2.83. The van der Waals surface area contributed by atoms with Crippen molar-refractivity contribution in [1.29, 1.82) is 0 Å². The third kappa shape index (κ3) is 1.54. The summed E-state index contributed by atoms with van der Waals surface area (Å²) in [4.78, 5) is 0. The van der Waals surface area contributed by atoms with Gasteiger partial charge in [-0.1, -0.05) is 20.3 Å². The van der Waals surface area contributed by atoms with Crippen LogP contribution in [0.5, 0.6) is 0 Å². The van der Waals surface area contributed by atoms with Crippen LogP contribution in [0.1, 0.15) is 46.0 Å². The Kier molecular flexibility index (Phi) is 2.58. The highest BCUT2D eigenvalue weighted by atomic mass is 16.5. The maximum absolute atomic E-state index is 5.88. The fourth-order valence-corrected chi connectivity index (χ4v) is 5.64. The van der Waals surface area contributed by atoms with Crippen LogP contribution in [0.15, 0.2) is 0 Å². The molecular formula is C16H27NO. The van der Waals surface area contributed by atoms with E-state index < -0.39 is 0 Å². The lowest BCUT2D eigenvalue weighted by Gasteiger charge is -2.55. The topological polar surface area (TPSA) is 21.3 Å². The van der Waals surface area contributed by atoms with Gasteiger partial charge in [-0.05, 0) is 50.0 Å². The Labute approximate surface area is 111 Å². The first-order chi connectivity index (χ1) is 8.66. The van der Waals surface area contributed by atoms with Gasteiger partial charge in [-0.15, -0.1) is 0 Å². The highest BCUT2D eigenvalue weighted by molar-refractivity contribution is 5.11. The van der Waals surface area contributed by atoms with Gasteiger partial charge in [-0.2, -0.15) is 0 Å². The van der Waals surface area contributed by atoms with E-state index in [2.05, 4.69) is 19.2 Å². The van der Waals surface area contributed by atoms with Gasteiger partial charge in [0.05, 0.1) is 6.10 Å². The Balaban J connectivity index is 1.35. The number of hydrogen-bond donors (Lipinski definition) is 1. The summed E-state index contributed by atoms with van der Waals surface area (Å²) in [5, 5.41) is 3.93. The third-order valence-corrected chi connectivity index (χ3v) is 6.58. The van der Waals surface area contributed by atoms with Crippen molar-refractivity contribution in [3.63, 3.8) is 0 Å². The quantitative estimate of drug-likeness (QED) is 0.830. The molecule has 0 aromatic carbocycles. The summed E-state index contributed by atoms with van der Waals surface area (Å²) < 4.78 is 5.88. The summed E-state index contributed by atoms with van der Waals surface area (Å²) in [6.45, 7) is 7.04. The fraction of sp³-hybridized carbons (Fsp3) is 1.00. The Morgan fingerprint density at radius 1 is 1.17 bits per heavy atom. The second kappa shape index (κ2) is 3.96. The molecular weight excluding hydrogens is 222 g/mol. The van der Waals surface area contributed by atoms with Gasteiger partial charge < -0.3 is 10.1 Å². The molecule has 1 aliphatic heterocycles. The summed E-state index contributed by atoms with van der Waals surface area (Å²) in [6.07, 6.45) is 7.90. The molecule has 2 nitrogen and oxygen atoms in total. The smallest absolute Gasteiger partial charge is 0.0685 e. The molecule has 2 bridgehead atoms. The summed E-state index contributed by atoms with van der Waals surface area (Å²) >= 11 is 0. The zero-order valence-corrected chi connectivity index (χ0v) is 11.8. The molecule has 1 saturated heterocycles. The van der Waals surface area contributed by atoms with Gasteiger partial charge in [0.25, 0.3) is 0 Å². The van der Waals surface area contributed by atoms with Crippen LogP contribution in [0.3, 0.4) is 0 Å².